The van der Waals surface area contributed by atoms with Crippen LogP contribution in [0.5, 0.6) is 11.5 Å². The van der Waals surface area contributed by atoms with Crippen LogP contribution < -0.4 is 20.3 Å². The zero-order chi connectivity index (χ0) is 27.5. The van der Waals surface area contributed by atoms with E-state index in [0.717, 1.165) is 34.7 Å². The van der Waals surface area contributed by atoms with Crippen LogP contribution in [-0.2, 0) is 4.79 Å². The number of hydrogen-bond acceptors (Lipinski definition) is 3. The van der Waals surface area contributed by atoms with Gasteiger partial charge in [0.1, 0.15) is 11.5 Å². The molecule has 4 rings (SSSR count). The van der Waals surface area contributed by atoms with Gasteiger partial charge in [-0.2, -0.15) is 0 Å². The van der Waals surface area contributed by atoms with Gasteiger partial charge in [-0.25, -0.2) is 4.79 Å². The highest BCUT2D eigenvalue weighted by molar-refractivity contribution is 6.01. The van der Waals surface area contributed by atoms with Gasteiger partial charge in [0.15, 0.2) is 0 Å². The summed E-state index contributed by atoms with van der Waals surface area (Å²) in [4.78, 5) is 27.9. The van der Waals surface area contributed by atoms with E-state index in [-0.39, 0.29) is 17.9 Å². The quantitative estimate of drug-likeness (QED) is 0.201. The zero-order valence-corrected chi connectivity index (χ0v) is 22.5. The second-order valence-electron chi connectivity index (χ2n) is 9.37. The summed E-state index contributed by atoms with van der Waals surface area (Å²) in [7, 11) is 0. The number of carbonyl (C=O) groups is 2. The Balaban J connectivity index is 1.41. The van der Waals surface area contributed by atoms with Crippen LogP contribution in [-0.4, -0.2) is 25.0 Å². The lowest BCUT2D eigenvalue weighted by atomic mass is 9.96. The van der Waals surface area contributed by atoms with Gasteiger partial charge in [-0.3, -0.25) is 9.69 Å². The van der Waals surface area contributed by atoms with E-state index in [0.29, 0.717) is 25.3 Å². The number of amides is 3. The fourth-order valence-corrected chi connectivity index (χ4v) is 4.32. The molecule has 0 aliphatic carbocycles. The van der Waals surface area contributed by atoms with Crippen molar-refractivity contribution in [1.82, 2.24) is 5.32 Å². The topological polar surface area (TPSA) is 70.7 Å². The van der Waals surface area contributed by atoms with Crippen LogP contribution in [0.25, 0.3) is 0 Å². The lowest BCUT2D eigenvalue weighted by Crippen LogP contribution is -2.38. The van der Waals surface area contributed by atoms with Crippen LogP contribution in [0.4, 0.5) is 16.2 Å². The molecule has 4 aromatic carbocycles. The Hall–Kier alpha value is -4.58. The SMILES string of the molecule is CCC(C(=O)NCCCN(C(=O)Nc1ccc(C)cc1)c1ccc(Oc2ccccc2)cc1)c1ccccc1. The van der Waals surface area contributed by atoms with E-state index in [4.69, 9.17) is 4.74 Å². The van der Waals surface area contributed by atoms with Crippen molar-refractivity contribution in [2.45, 2.75) is 32.6 Å². The van der Waals surface area contributed by atoms with Gasteiger partial charge in [-0.1, -0.05) is 73.2 Å². The first-order valence-electron chi connectivity index (χ1n) is 13.3. The molecule has 0 saturated heterocycles. The lowest BCUT2D eigenvalue weighted by molar-refractivity contribution is -0.122. The maximum absolute atomic E-state index is 13.3. The summed E-state index contributed by atoms with van der Waals surface area (Å²) in [5.41, 5.74) is 3.59. The fourth-order valence-electron chi connectivity index (χ4n) is 4.32. The predicted octanol–water partition coefficient (Wildman–Crippen LogP) is 7.53. The summed E-state index contributed by atoms with van der Waals surface area (Å²) in [6.07, 6.45) is 1.32. The molecule has 4 aromatic rings. The maximum Gasteiger partial charge on any atom is 0.326 e. The van der Waals surface area contributed by atoms with Gasteiger partial charge in [-0.15, -0.1) is 0 Å². The Bertz CT molecular complexity index is 1320. The number of carbonyl (C=O) groups excluding carboxylic acids is 2. The summed E-state index contributed by atoms with van der Waals surface area (Å²) in [5.74, 6) is 1.24. The molecule has 1 atom stereocenters. The largest absolute Gasteiger partial charge is 0.457 e. The highest BCUT2D eigenvalue weighted by Gasteiger charge is 2.19. The Labute approximate surface area is 230 Å². The number of hydrogen-bond donors (Lipinski definition) is 2. The van der Waals surface area contributed by atoms with Crippen molar-refractivity contribution in [2.24, 2.45) is 0 Å². The third kappa shape index (κ3) is 7.95. The van der Waals surface area contributed by atoms with E-state index in [1.54, 1.807) is 4.90 Å². The number of nitrogens with one attached hydrogen (secondary N) is 2. The van der Waals surface area contributed by atoms with Crippen LogP contribution in [0.3, 0.4) is 0 Å². The molecular formula is C33H35N3O3. The van der Waals surface area contributed by atoms with Crippen molar-refractivity contribution >= 4 is 23.3 Å². The van der Waals surface area contributed by atoms with E-state index >= 15 is 0 Å². The van der Waals surface area contributed by atoms with Gasteiger partial charge in [0.2, 0.25) is 5.91 Å². The van der Waals surface area contributed by atoms with Gasteiger partial charge < -0.3 is 15.4 Å². The lowest BCUT2D eigenvalue weighted by Gasteiger charge is -2.24. The minimum atomic E-state index is -0.238. The third-order valence-electron chi connectivity index (χ3n) is 6.46. The van der Waals surface area contributed by atoms with Crippen LogP contribution in [0.15, 0.2) is 109 Å². The summed E-state index contributed by atoms with van der Waals surface area (Å²) in [5, 5.41) is 6.04. The molecule has 0 aromatic heterocycles. The Morgan fingerprint density at radius 1 is 0.795 bits per heavy atom. The molecule has 3 amide bonds. The van der Waals surface area contributed by atoms with Crippen LogP contribution in [0, 0.1) is 6.92 Å². The molecule has 0 aliphatic heterocycles. The monoisotopic (exact) mass is 521 g/mol. The standard InChI is InChI=1S/C33H35N3O3/c1-3-31(26-11-6-4-7-12-26)32(37)34-23-10-24-36(33(38)35-27-17-15-25(2)16-18-27)28-19-21-30(22-20-28)39-29-13-8-5-9-14-29/h4-9,11-22,31H,3,10,23-24H2,1-2H3,(H,34,37)(H,35,38). The first-order chi connectivity index (χ1) is 19.0. The van der Waals surface area contributed by atoms with Gasteiger partial charge >= 0.3 is 6.03 Å². The molecule has 0 spiro atoms. The van der Waals surface area contributed by atoms with E-state index in [2.05, 4.69) is 10.6 Å². The Morgan fingerprint density at radius 3 is 2.05 bits per heavy atom. The first-order valence-corrected chi connectivity index (χ1v) is 13.3. The summed E-state index contributed by atoms with van der Waals surface area (Å²) in [6.45, 7) is 4.91. The average molecular weight is 522 g/mol. The van der Waals surface area contributed by atoms with Gasteiger partial charge in [0.05, 0.1) is 5.92 Å². The number of rotatable bonds is 11. The second-order valence-corrected chi connectivity index (χ2v) is 9.37. The van der Waals surface area contributed by atoms with Crippen molar-refractivity contribution in [3.8, 4) is 11.5 Å². The number of nitrogens with zero attached hydrogens (tertiary/aromatic N) is 1. The zero-order valence-electron chi connectivity index (χ0n) is 22.5. The second kappa shape index (κ2) is 13.8. The van der Waals surface area contributed by atoms with E-state index < -0.39 is 0 Å². The number of ether oxygens (including phenoxy) is 1. The number of para-hydroxylation sites is 1. The Kier molecular flexibility index (Phi) is 9.73. The molecule has 0 heterocycles. The molecule has 6 heteroatoms. The maximum atomic E-state index is 13.3. The minimum absolute atomic E-state index is 0.00164. The van der Waals surface area contributed by atoms with Crippen molar-refractivity contribution in [3.05, 3.63) is 120 Å². The summed E-state index contributed by atoms with van der Waals surface area (Å²) < 4.78 is 5.91. The highest BCUT2D eigenvalue weighted by Crippen LogP contribution is 2.25. The molecule has 6 nitrogen and oxygen atoms in total. The molecule has 2 N–H and O–H groups in total. The first kappa shape index (κ1) is 27.5. The number of aryl methyl sites for hydroxylation is 1. The molecule has 0 bridgehead atoms. The summed E-state index contributed by atoms with van der Waals surface area (Å²) >= 11 is 0. The van der Waals surface area contributed by atoms with Gasteiger partial charge in [0.25, 0.3) is 0 Å². The third-order valence-corrected chi connectivity index (χ3v) is 6.46. The van der Waals surface area contributed by atoms with Gasteiger partial charge in [-0.05, 0) is 73.9 Å². The summed E-state index contributed by atoms with van der Waals surface area (Å²) in [6, 6.07) is 34.3. The van der Waals surface area contributed by atoms with Crippen molar-refractivity contribution in [1.29, 1.82) is 0 Å². The normalized spacial score (nSPS) is 11.3. The number of urea groups is 1. The molecule has 0 saturated carbocycles. The van der Waals surface area contributed by atoms with E-state index in [1.807, 2.05) is 123 Å². The smallest absolute Gasteiger partial charge is 0.326 e. The predicted molar refractivity (Wildman–Crippen MR) is 158 cm³/mol. The molecule has 39 heavy (non-hydrogen) atoms. The van der Waals surface area contributed by atoms with E-state index in [1.165, 1.54) is 0 Å². The fraction of sp³-hybridized carbons (Fsp3) is 0.212. The molecule has 0 fully saturated rings. The van der Waals surface area contributed by atoms with Crippen molar-refractivity contribution in [2.75, 3.05) is 23.3 Å². The van der Waals surface area contributed by atoms with Crippen molar-refractivity contribution in [3.63, 3.8) is 0 Å². The van der Waals surface area contributed by atoms with E-state index in [9.17, 15) is 9.59 Å². The Morgan fingerprint density at radius 2 is 1.41 bits per heavy atom. The van der Waals surface area contributed by atoms with Crippen LogP contribution in [0.2, 0.25) is 0 Å². The number of benzene rings is 4. The van der Waals surface area contributed by atoms with Gasteiger partial charge in [0, 0.05) is 24.5 Å². The highest BCUT2D eigenvalue weighted by atomic mass is 16.5. The average Bonchev–Trinajstić information content (AvgIpc) is 2.96. The molecule has 0 aliphatic rings. The molecule has 0 radical (unpaired) electrons. The minimum Gasteiger partial charge on any atom is -0.457 e. The van der Waals surface area contributed by atoms with Crippen molar-refractivity contribution < 1.29 is 14.3 Å². The number of anilines is 2. The molecular weight excluding hydrogens is 486 g/mol. The van der Waals surface area contributed by atoms with Crippen LogP contribution in [0.1, 0.15) is 36.8 Å². The van der Waals surface area contributed by atoms with Crippen LogP contribution >= 0.6 is 0 Å². The molecule has 1 unspecified atom stereocenters. The molecule has 200 valence electrons.